The van der Waals surface area contributed by atoms with Crippen molar-refractivity contribution in [3.63, 3.8) is 0 Å². The van der Waals surface area contributed by atoms with Crippen LogP contribution in [0.5, 0.6) is 0 Å². The molecule has 2 fully saturated rings. The molecule has 17 heavy (non-hydrogen) atoms. The highest BCUT2D eigenvalue weighted by molar-refractivity contribution is 5.39. The number of hydrogen-bond acceptors (Lipinski definition) is 5. The molecule has 0 aliphatic carbocycles. The molecule has 0 aromatic carbocycles. The Bertz CT molecular complexity index is 377. The number of nitrogen functional groups attached to an aromatic ring is 1. The van der Waals surface area contributed by atoms with E-state index in [0.717, 1.165) is 5.82 Å². The van der Waals surface area contributed by atoms with Crippen LogP contribution < -0.4 is 11.1 Å². The normalized spacial score (nSPS) is 28.9. The largest absolute Gasteiger partial charge is 0.382 e. The van der Waals surface area contributed by atoms with Crippen LogP contribution >= 0.6 is 0 Å². The van der Waals surface area contributed by atoms with E-state index >= 15 is 0 Å². The van der Waals surface area contributed by atoms with Gasteiger partial charge in [0, 0.05) is 18.6 Å². The van der Waals surface area contributed by atoms with Crippen molar-refractivity contribution in [2.24, 2.45) is 0 Å². The van der Waals surface area contributed by atoms with E-state index in [9.17, 15) is 0 Å². The number of nitrogens with zero attached hydrogens (tertiary/aromatic N) is 3. The average Bonchev–Trinajstić information content (AvgIpc) is 2.76. The van der Waals surface area contributed by atoms with E-state index < -0.39 is 0 Å². The number of aromatic nitrogens is 2. The minimum Gasteiger partial charge on any atom is -0.382 e. The summed E-state index contributed by atoms with van der Waals surface area (Å²) in [6.07, 6.45) is 5.22. The van der Waals surface area contributed by atoms with E-state index in [2.05, 4.69) is 20.4 Å². The van der Waals surface area contributed by atoms with Crippen molar-refractivity contribution in [3.05, 3.63) is 12.1 Å². The van der Waals surface area contributed by atoms with Crippen molar-refractivity contribution < 1.29 is 0 Å². The van der Waals surface area contributed by atoms with Gasteiger partial charge in [0.2, 0.25) is 0 Å². The van der Waals surface area contributed by atoms with Crippen molar-refractivity contribution in [1.29, 1.82) is 0 Å². The van der Waals surface area contributed by atoms with Crippen molar-refractivity contribution in [3.8, 4) is 0 Å². The lowest BCUT2D eigenvalue weighted by Gasteiger charge is -2.32. The topological polar surface area (TPSA) is 67.1 Å². The molecule has 0 bridgehead atoms. The lowest BCUT2D eigenvalue weighted by atomic mass is 9.99. The highest BCUT2D eigenvalue weighted by Crippen LogP contribution is 2.28. The molecule has 5 heteroatoms. The quantitative estimate of drug-likeness (QED) is 0.800. The monoisotopic (exact) mass is 233 g/mol. The fraction of sp³-hybridized carbons (Fsp3) is 0.667. The van der Waals surface area contributed by atoms with E-state index in [-0.39, 0.29) is 0 Å². The first kappa shape index (κ1) is 10.8. The van der Waals surface area contributed by atoms with Crippen molar-refractivity contribution in [1.82, 2.24) is 15.1 Å². The van der Waals surface area contributed by atoms with E-state index in [1.807, 2.05) is 6.07 Å². The summed E-state index contributed by atoms with van der Waals surface area (Å²) in [5, 5.41) is 11.4. The van der Waals surface area contributed by atoms with Gasteiger partial charge in [0.25, 0.3) is 0 Å². The highest BCUT2D eigenvalue weighted by Gasteiger charge is 2.35. The van der Waals surface area contributed by atoms with Crippen LogP contribution in [0, 0.1) is 0 Å². The zero-order valence-corrected chi connectivity index (χ0v) is 9.97. The van der Waals surface area contributed by atoms with E-state index in [1.54, 1.807) is 6.07 Å². The SMILES string of the molecule is Nc1ccc(NC2CCN3CCCCC23)nn1. The van der Waals surface area contributed by atoms with Crippen molar-refractivity contribution in [2.75, 3.05) is 24.1 Å². The highest BCUT2D eigenvalue weighted by atomic mass is 15.3. The number of rotatable bonds is 2. The molecular formula is C12H19N5. The predicted molar refractivity (Wildman–Crippen MR) is 67.7 cm³/mol. The first-order chi connectivity index (χ1) is 8.33. The average molecular weight is 233 g/mol. The Morgan fingerprint density at radius 2 is 2.12 bits per heavy atom. The molecule has 0 spiro atoms. The lowest BCUT2D eigenvalue weighted by Crippen LogP contribution is -2.41. The second-order valence-electron chi connectivity index (χ2n) is 4.98. The summed E-state index contributed by atoms with van der Waals surface area (Å²) in [7, 11) is 0. The maximum Gasteiger partial charge on any atom is 0.149 e. The summed E-state index contributed by atoms with van der Waals surface area (Å²) >= 11 is 0. The fourth-order valence-electron chi connectivity index (χ4n) is 3.03. The number of nitrogens with one attached hydrogen (secondary N) is 1. The molecule has 92 valence electrons. The minimum absolute atomic E-state index is 0.473. The molecule has 3 N–H and O–H groups in total. The number of piperidine rings is 1. The van der Waals surface area contributed by atoms with Gasteiger partial charge >= 0.3 is 0 Å². The summed E-state index contributed by atoms with van der Waals surface area (Å²) < 4.78 is 0. The molecule has 2 aliphatic rings. The van der Waals surface area contributed by atoms with Crippen molar-refractivity contribution in [2.45, 2.75) is 37.8 Å². The molecule has 0 amide bonds. The fourth-order valence-corrected chi connectivity index (χ4v) is 3.03. The second kappa shape index (κ2) is 4.49. The van der Waals surface area contributed by atoms with Gasteiger partial charge in [-0.15, -0.1) is 10.2 Å². The molecular weight excluding hydrogens is 214 g/mol. The van der Waals surface area contributed by atoms with Gasteiger partial charge in [0.15, 0.2) is 0 Å². The van der Waals surface area contributed by atoms with Crippen LogP contribution in [-0.4, -0.2) is 40.3 Å². The summed E-state index contributed by atoms with van der Waals surface area (Å²) in [4.78, 5) is 2.60. The molecule has 0 saturated carbocycles. The Morgan fingerprint density at radius 3 is 2.94 bits per heavy atom. The van der Waals surface area contributed by atoms with Gasteiger partial charge in [0.1, 0.15) is 11.6 Å². The molecule has 2 saturated heterocycles. The Kier molecular flexibility index (Phi) is 2.84. The van der Waals surface area contributed by atoms with Crippen LogP contribution in [0.2, 0.25) is 0 Å². The molecule has 3 rings (SSSR count). The Labute approximate surface area is 101 Å². The van der Waals surface area contributed by atoms with E-state index in [1.165, 1.54) is 38.8 Å². The third-order valence-corrected chi connectivity index (χ3v) is 3.87. The molecule has 1 aromatic rings. The maximum atomic E-state index is 5.53. The number of fused-ring (bicyclic) bond motifs is 1. The standard InChI is InChI=1S/C12H19N5/c13-11-4-5-12(16-15-11)14-9-6-8-17-7-2-1-3-10(9)17/h4-5,9-10H,1-3,6-8H2,(H2,13,15)(H,14,16). The van der Waals surface area contributed by atoms with Gasteiger partial charge in [-0.25, -0.2) is 0 Å². The Balaban J connectivity index is 1.67. The number of anilines is 2. The molecule has 2 atom stereocenters. The molecule has 5 nitrogen and oxygen atoms in total. The summed E-state index contributed by atoms with van der Waals surface area (Å²) in [6, 6.07) is 4.91. The molecule has 2 aliphatic heterocycles. The zero-order valence-electron chi connectivity index (χ0n) is 9.97. The van der Waals surface area contributed by atoms with Crippen LogP contribution in [0.1, 0.15) is 25.7 Å². The van der Waals surface area contributed by atoms with E-state index in [4.69, 9.17) is 5.73 Å². The smallest absolute Gasteiger partial charge is 0.149 e. The van der Waals surface area contributed by atoms with Crippen LogP contribution in [-0.2, 0) is 0 Å². The predicted octanol–water partition coefficient (Wildman–Crippen LogP) is 1.10. The van der Waals surface area contributed by atoms with Crippen LogP contribution in [0.3, 0.4) is 0 Å². The van der Waals surface area contributed by atoms with E-state index in [0.29, 0.717) is 17.9 Å². The summed E-state index contributed by atoms with van der Waals surface area (Å²) in [5.74, 6) is 1.32. The van der Waals surface area contributed by atoms with Gasteiger partial charge in [-0.2, -0.15) is 0 Å². The summed E-state index contributed by atoms with van der Waals surface area (Å²) in [6.45, 7) is 2.47. The third-order valence-electron chi connectivity index (χ3n) is 3.87. The molecule has 0 radical (unpaired) electrons. The molecule has 2 unspecified atom stereocenters. The first-order valence-electron chi connectivity index (χ1n) is 6.43. The van der Waals surface area contributed by atoms with Gasteiger partial charge in [-0.3, -0.25) is 4.90 Å². The first-order valence-corrected chi connectivity index (χ1v) is 6.43. The van der Waals surface area contributed by atoms with Gasteiger partial charge in [-0.05, 0) is 37.9 Å². The van der Waals surface area contributed by atoms with Crippen LogP contribution in [0.25, 0.3) is 0 Å². The zero-order chi connectivity index (χ0) is 11.7. The maximum absolute atomic E-state index is 5.53. The number of nitrogens with two attached hydrogens (primary N) is 1. The lowest BCUT2D eigenvalue weighted by molar-refractivity contribution is 0.192. The molecule has 1 aromatic heterocycles. The van der Waals surface area contributed by atoms with Gasteiger partial charge in [0.05, 0.1) is 0 Å². The third kappa shape index (κ3) is 2.20. The van der Waals surface area contributed by atoms with Crippen LogP contribution in [0.4, 0.5) is 11.6 Å². The Morgan fingerprint density at radius 1 is 1.18 bits per heavy atom. The van der Waals surface area contributed by atoms with Crippen molar-refractivity contribution >= 4 is 11.6 Å². The van der Waals surface area contributed by atoms with Gasteiger partial charge in [-0.1, -0.05) is 6.42 Å². The van der Waals surface area contributed by atoms with Gasteiger partial charge < -0.3 is 11.1 Å². The number of hydrogen-bond donors (Lipinski definition) is 2. The Hall–Kier alpha value is -1.36. The second-order valence-corrected chi connectivity index (χ2v) is 4.98. The van der Waals surface area contributed by atoms with Crippen LogP contribution in [0.15, 0.2) is 12.1 Å². The molecule has 3 heterocycles. The minimum atomic E-state index is 0.473. The summed E-state index contributed by atoms with van der Waals surface area (Å²) in [5.41, 5.74) is 5.53.